The summed E-state index contributed by atoms with van der Waals surface area (Å²) in [7, 11) is 0. The quantitative estimate of drug-likeness (QED) is 0.706. The van der Waals surface area contributed by atoms with Crippen LogP contribution in [0.15, 0.2) is 42.9 Å². The molecule has 4 heteroatoms. The molecule has 1 N–H and O–H groups in total. The molecule has 3 heterocycles. The van der Waals surface area contributed by atoms with Gasteiger partial charge < -0.3 is 9.88 Å². The molecule has 18 heavy (non-hydrogen) atoms. The molecule has 0 aliphatic carbocycles. The van der Waals surface area contributed by atoms with Crippen LogP contribution in [0.1, 0.15) is 11.1 Å². The molecule has 0 saturated heterocycles. The van der Waals surface area contributed by atoms with E-state index in [-0.39, 0.29) is 0 Å². The smallest absolute Gasteiger partial charge is 0.142 e. The number of anilines is 1. The first kappa shape index (κ1) is 9.65. The third kappa shape index (κ3) is 1.32. The van der Waals surface area contributed by atoms with Gasteiger partial charge in [0.25, 0.3) is 0 Å². The molecule has 3 aromatic rings. The van der Waals surface area contributed by atoms with Gasteiger partial charge in [0.05, 0.1) is 5.39 Å². The number of H-pyrrole nitrogens is 1. The Morgan fingerprint density at radius 3 is 2.56 bits per heavy atom. The van der Waals surface area contributed by atoms with Crippen LogP contribution in [0.25, 0.3) is 11.0 Å². The second-order valence-corrected chi connectivity index (χ2v) is 4.56. The maximum atomic E-state index is 4.44. The van der Waals surface area contributed by atoms with Gasteiger partial charge in [-0.2, -0.15) is 0 Å². The Morgan fingerprint density at radius 1 is 1.00 bits per heavy atom. The topological polar surface area (TPSA) is 44.8 Å². The summed E-state index contributed by atoms with van der Waals surface area (Å²) in [6, 6.07) is 10.6. The standard InChI is InChI=1S/C14H12N4/c1-2-4-11-8-18(7-10(11)3-1)14-12-5-6-15-13(12)16-9-17-14/h1-6,9H,7-8H2,(H,15,16,17). The summed E-state index contributed by atoms with van der Waals surface area (Å²) in [5.41, 5.74) is 3.68. The Morgan fingerprint density at radius 2 is 1.78 bits per heavy atom. The maximum Gasteiger partial charge on any atom is 0.142 e. The molecule has 1 aromatic carbocycles. The molecule has 0 fully saturated rings. The predicted molar refractivity (Wildman–Crippen MR) is 70.2 cm³/mol. The molecule has 0 bridgehead atoms. The zero-order valence-corrected chi connectivity index (χ0v) is 9.80. The lowest BCUT2D eigenvalue weighted by molar-refractivity contribution is 0.859. The summed E-state index contributed by atoms with van der Waals surface area (Å²) < 4.78 is 0. The van der Waals surface area contributed by atoms with E-state index in [9.17, 15) is 0 Å². The van der Waals surface area contributed by atoms with Crippen LogP contribution in [-0.4, -0.2) is 15.0 Å². The van der Waals surface area contributed by atoms with Crippen molar-refractivity contribution in [3.63, 3.8) is 0 Å². The molecule has 1 aliphatic rings. The lowest BCUT2D eigenvalue weighted by Gasteiger charge is -2.16. The Bertz CT molecular complexity index is 691. The number of hydrogen-bond donors (Lipinski definition) is 1. The van der Waals surface area contributed by atoms with E-state index in [4.69, 9.17) is 0 Å². The van der Waals surface area contributed by atoms with Crippen LogP contribution in [0.2, 0.25) is 0 Å². The van der Waals surface area contributed by atoms with Crippen molar-refractivity contribution < 1.29 is 0 Å². The maximum absolute atomic E-state index is 4.44. The number of fused-ring (bicyclic) bond motifs is 2. The molecular formula is C14H12N4. The molecule has 0 amide bonds. The first-order valence-electron chi connectivity index (χ1n) is 6.01. The molecule has 4 rings (SSSR count). The van der Waals surface area contributed by atoms with E-state index in [1.54, 1.807) is 6.33 Å². The van der Waals surface area contributed by atoms with E-state index < -0.39 is 0 Å². The minimum Gasteiger partial charge on any atom is -0.347 e. The van der Waals surface area contributed by atoms with E-state index in [1.807, 2.05) is 12.3 Å². The highest BCUT2D eigenvalue weighted by Gasteiger charge is 2.21. The molecule has 0 atom stereocenters. The van der Waals surface area contributed by atoms with E-state index >= 15 is 0 Å². The molecule has 0 saturated carbocycles. The van der Waals surface area contributed by atoms with Crippen molar-refractivity contribution in [1.82, 2.24) is 15.0 Å². The van der Waals surface area contributed by atoms with Gasteiger partial charge in [0.2, 0.25) is 0 Å². The van der Waals surface area contributed by atoms with Gasteiger partial charge in [-0.1, -0.05) is 24.3 Å². The van der Waals surface area contributed by atoms with Crippen molar-refractivity contribution >= 4 is 16.9 Å². The number of hydrogen-bond acceptors (Lipinski definition) is 3. The minimum atomic E-state index is 0.899. The van der Waals surface area contributed by atoms with Crippen molar-refractivity contribution in [2.45, 2.75) is 13.1 Å². The number of benzene rings is 1. The van der Waals surface area contributed by atoms with E-state index in [0.717, 1.165) is 29.9 Å². The van der Waals surface area contributed by atoms with Crippen molar-refractivity contribution in [3.8, 4) is 0 Å². The van der Waals surface area contributed by atoms with Crippen LogP contribution in [0.4, 0.5) is 5.82 Å². The molecule has 0 unspecified atom stereocenters. The summed E-state index contributed by atoms with van der Waals surface area (Å²) in [6.07, 6.45) is 3.53. The number of aromatic amines is 1. The Kier molecular flexibility index (Phi) is 1.91. The predicted octanol–water partition coefficient (Wildman–Crippen LogP) is 2.48. The van der Waals surface area contributed by atoms with Crippen LogP contribution < -0.4 is 4.90 Å². The third-order valence-electron chi connectivity index (χ3n) is 3.47. The fourth-order valence-electron chi connectivity index (χ4n) is 2.59. The molecule has 2 aromatic heterocycles. The Balaban J connectivity index is 1.80. The highest BCUT2D eigenvalue weighted by molar-refractivity contribution is 5.87. The number of aromatic nitrogens is 3. The van der Waals surface area contributed by atoms with Gasteiger partial charge in [0, 0.05) is 19.3 Å². The normalized spacial score (nSPS) is 14.1. The summed E-state index contributed by atoms with van der Waals surface area (Å²) in [4.78, 5) is 14.1. The van der Waals surface area contributed by atoms with Crippen LogP contribution in [0.5, 0.6) is 0 Å². The summed E-state index contributed by atoms with van der Waals surface area (Å²) in [6.45, 7) is 1.85. The zero-order chi connectivity index (χ0) is 11.9. The number of nitrogens with zero attached hydrogens (tertiary/aromatic N) is 3. The van der Waals surface area contributed by atoms with E-state index in [2.05, 4.69) is 44.1 Å². The van der Waals surface area contributed by atoms with Gasteiger partial charge in [-0.25, -0.2) is 9.97 Å². The van der Waals surface area contributed by atoms with Crippen LogP contribution >= 0.6 is 0 Å². The Hall–Kier alpha value is -2.36. The van der Waals surface area contributed by atoms with Crippen molar-refractivity contribution in [2.75, 3.05) is 4.90 Å². The van der Waals surface area contributed by atoms with Crippen molar-refractivity contribution in [3.05, 3.63) is 54.0 Å². The highest BCUT2D eigenvalue weighted by atomic mass is 15.2. The van der Waals surface area contributed by atoms with Gasteiger partial charge in [-0.15, -0.1) is 0 Å². The van der Waals surface area contributed by atoms with Crippen molar-refractivity contribution in [2.24, 2.45) is 0 Å². The second-order valence-electron chi connectivity index (χ2n) is 4.56. The minimum absolute atomic E-state index is 0.899. The highest BCUT2D eigenvalue weighted by Crippen LogP contribution is 2.30. The summed E-state index contributed by atoms with van der Waals surface area (Å²) in [5.74, 6) is 1.01. The third-order valence-corrected chi connectivity index (χ3v) is 3.47. The van der Waals surface area contributed by atoms with E-state index in [1.165, 1.54) is 11.1 Å². The lowest BCUT2D eigenvalue weighted by atomic mass is 10.1. The average molecular weight is 236 g/mol. The SMILES string of the molecule is c1ccc2c(c1)CN(c1ncnc3[nH]ccc13)C2. The molecular weight excluding hydrogens is 224 g/mol. The molecule has 0 radical (unpaired) electrons. The number of rotatable bonds is 1. The van der Waals surface area contributed by atoms with Crippen LogP contribution in [0.3, 0.4) is 0 Å². The van der Waals surface area contributed by atoms with Crippen LogP contribution in [-0.2, 0) is 13.1 Å². The second kappa shape index (κ2) is 3.57. The van der Waals surface area contributed by atoms with Gasteiger partial charge in [-0.3, -0.25) is 0 Å². The lowest BCUT2D eigenvalue weighted by Crippen LogP contribution is -2.16. The fraction of sp³-hybridized carbons (Fsp3) is 0.143. The first-order valence-corrected chi connectivity index (χ1v) is 6.01. The fourth-order valence-corrected chi connectivity index (χ4v) is 2.59. The number of nitrogens with one attached hydrogen (secondary N) is 1. The molecule has 0 spiro atoms. The van der Waals surface area contributed by atoms with Gasteiger partial charge in [0.1, 0.15) is 17.8 Å². The van der Waals surface area contributed by atoms with Crippen LogP contribution in [0, 0.1) is 0 Å². The van der Waals surface area contributed by atoms with Crippen molar-refractivity contribution in [1.29, 1.82) is 0 Å². The summed E-state index contributed by atoms with van der Waals surface area (Å²) >= 11 is 0. The Labute approximate surface area is 104 Å². The van der Waals surface area contributed by atoms with Gasteiger partial charge in [0.15, 0.2) is 0 Å². The molecule has 88 valence electrons. The monoisotopic (exact) mass is 236 g/mol. The van der Waals surface area contributed by atoms with E-state index in [0.29, 0.717) is 0 Å². The van der Waals surface area contributed by atoms with Gasteiger partial charge >= 0.3 is 0 Å². The molecule has 4 nitrogen and oxygen atoms in total. The largest absolute Gasteiger partial charge is 0.347 e. The average Bonchev–Trinajstić information content (AvgIpc) is 3.04. The molecule has 1 aliphatic heterocycles. The first-order chi connectivity index (χ1) is 8.92. The summed E-state index contributed by atoms with van der Waals surface area (Å²) in [5, 5.41) is 1.09. The van der Waals surface area contributed by atoms with Gasteiger partial charge in [-0.05, 0) is 17.2 Å². The zero-order valence-electron chi connectivity index (χ0n) is 9.80.